The van der Waals surface area contributed by atoms with Gasteiger partial charge in [-0.1, -0.05) is 19.0 Å². The highest BCUT2D eigenvalue weighted by molar-refractivity contribution is 6.06. The fourth-order valence-corrected chi connectivity index (χ4v) is 3.28. The summed E-state index contributed by atoms with van der Waals surface area (Å²) in [5.74, 6) is 0.476. The zero-order valence-corrected chi connectivity index (χ0v) is 15.3. The zero-order chi connectivity index (χ0) is 18.0. The molecule has 7 nitrogen and oxygen atoms in total. The van der Waals surface area contributed by atoms with Crippen LogP contribution in [0.1, 0.15) is 35.6 Å². The molecule has 0 bridgehead atoms. The standard InChI is InChI=1S/C18H26N4O3/c1-11(2)9-22-5-6-24-14(10-22)8-19-17(23)15-7-12(3)20-18-16(15)13(4)21-25-18/h7,11,14H,5-6,8-10H2,1-4H3,(H,19,23)/t14-/m1/s1. The van der Waals surface area contributed by atoms with Crippen LogP contribution in [0, 0.1) is 19.8 Å². The maximum absolute atomic E-state index is 12.7. The van der Waals surface area contributed by atoms with Gasteiger partial charge in [-0.25, -0.2) is 4.98 Å². The highest BCUT2D eigenvalue weighted by atomic mass is 16.5. The van der Waals surface area contributed by atoms with Crippen molar-refractivity contribution in [1.82, 2.24) is 20.4 Å². The Balaban J connectivity index is 1.66. The van der Waals surface area contributed by atoms with E-state index in [0.29, 0.717) is 41.4 Å². The minimum atomic E-state index is -0.147. The van der Waals surface area contributed by atoms with E-state index in [1.54, 1.807) is 6.07 Å². The van der Waals surface area contributed by atoms with Crippen molar-refractivity contribution in [3.05, 3.63) is 23.0 Å². The van der Waals surface area contributed by atoms with E-state index >= 15 is 0 Å². The van der Waals surface area contributed by atoms with Gasteiger partial charge in [0.15, 0.2) is 0 Å². The molecule has 0 aromatic carbocycles. The fourth-order valence-electron chi connectivity index (χ4n) is 3.28. The van der Waals surface area contributed by atoms with E-state index < -0.39 is 0 Å². The minimum absolute atomic E-state index is 0.0125. The minimum Gasteiger partial charge on any atom is -0.374 e. The SMILES string of the molecule is Cc1cc(C(=O)NC[C@@H]2CN(CC(C)C)CCO2)c2c(C)noc2n1. The Kier molecular flexibility index (Phi) is 5.34. The van der Waals surface area contributed by atoms with Crippen molar-refractivity contribution in [2.75, 3.05) is 32.8 Å². The molecule has 1 amide bonds. The van der Waals surface area contributed by atoms with E-state index in [0.717, 1.165) is 25.3 Å². The molecule has 2 aromatic heterocycles. The summed E-state index contributed by atoms with van der Waals surface area (Å²) < 4.78 is 11.0. The number of ether oxygens (including phenoxy) is 1. The molecule has 2 aromatic rings. The predicted octanol–water partition coefficient (Wildman–Crippen LogP) is 1.93. The fraction of sp³-hybridized carbons (Fsp3) is 0.611. The van der Waals surface area contributed by atoms with Gasteiger partial charge >= 0.3 is 0 Å². The Hall–Kier alpha value is -1.99. The Morgan fingerprint density at radius 2 is 2.24 bits per heavy atom. The van der Waals surface area contributed by atoms with Crippen LogP contribution in [0.4, 0.5) is 0 Å². The number of aromatic nitrogens is 2. The largest absolute Gasteiger partial charge is 0.374 e. The molecule has 1 fully saturated rings. The quantitative estimate of drug-likeness (QED) is 0.891. The highest BCUT2D eigenvalue weighted by Gasteiger charge is 2.23. The first-order valence-corrected chi connectivity index (χ1v) is 8.80. The molecule has 0 aliphatic carbocycles. The van der Waals surface area contributed by atoms with E-state index in [1.807, 2.05) is 13.8 Å². The van der Waals surface area contributed by atoms with Crippen molar-refractivity contribution in [1.29, 1.82) is 0 Å². The molecule has 0 saturated carbocycles. The number of nitrogens with zero attached hydrogens (tertiary/aromatic N) is 3. The average molecular weight is 346 g/mol. The molecule has 3 rings (SSSR count). The number of carbonyl (C=O) groups is 1. The molecule has 3 heterocycles. The lowest BCUT2D eigenvalue weighted by atomic mass is 10.1. The van der Waals surface area contributed by atoms with Crippen LogP contribution >= 0.6 is 0 Å². The first kappa shape index (κ1) is 17.8. The van der Waals surface area contributed by atoms with Gasteiger partial charge in [0.1, 0.15) is 0 Å². The van der Waals surface area contributed by atoms with Crippen LogP contribution in [-0.2, 0) is 4.74 Å². The monoisotopic (exact) mass is 346 g/mol. The van der Waals surface area contributed by atoms with Crippen molar-refractivity contribution in [2.45, 2.75) is 33.8 Å². The molecule has 1 N–H and O–H groups in total. The van der Waals surface area contributed by atoms with Gasteiger partial charge < -0.3 is 14.6 Å². The summed E-state index contributed by atoms with van der Waals surface area (Å²) in [6.07, 6.45) is 0.0125. The van der Waals surface area contributed by atoms with Crippen molar-refractivity contribution < 1.29 is 14.1 Å². The first-order chi connectivity index (χ1) is 11.9. The van der Waals surface area contributed by atoms with Gasteiger partial charge in [0.25, 0.3) is 11.6 Å². The van der Waals surface area contributed by atoms with Crippen molar-refractivity contribution in [3.8, 4) is 0 Å². The number of carbonyl (C=O) groups excluding carboxylic acids is 1. The van der Waals surface area contributed by atoms with Gasteiger partial charge in [0.05, 0.1) is 29.4 Å². The summed E-state index contributed by atoms with van der Waals surface area (Å²) in [6, 6.07) is 1.77. The second-order valence-electron chi connectivity index (χ2n) is 7.12. The Morgan fingerprint density at radius 1 is 1.44 bits per heavy atom. The van der Waals surface area contributed by atoms with Gasteiger partial charge in [0, 0.05) is 31.9 Å². The molecule has 1 aliphatic rings. The van der Waals surface area contributed by atoms with Crippen LogP contribution in [0.15, 0.2) is 10.6 Å². The number of pyridine rings is 1. The maximum Gasteiger partial charge on any atom is 0.258 e. The van der Waals surface area contributed by atoms with Crippen LogP contribution in [0.3, 0.4) is 0 Å². The molecule has 7 heteroatoms. The Morgan fingerprint density at radius 3 is 3.00 bits per heavy atom. The van der Waals surface area contributed by atoms with E-state index in [-0.39, 0.29) is 12.0 Å². The summed E-state index contributed by atoms with van der Waals surface area (Å²) in [4.78, 5) is 19.4. The third-order valence-corrected chi connectivity index (χ3v) is 4.33. The zero-order valence-electron chi connectivity index (χ0n) is 15.3. The van der Waals surface area contributed by atoms with Crippen molar-refractivity contribution >= 4 is 17.0 Å². The number of amides is 1. The number of hydrogen-bond acceptors (Lipinski definition) is 6. The van der Waals surface area contributed by atoms with Crippen LogP contribution in [0.2, 0.25) is 0 Å². The molecule has 1 saturated heterocycles. The normalized spacial score (nSPS) is 18.8. The molecule has 0 spiro atoms. The number of rotatable bonds is 5. The number of fused-ring (bicyclic) bond motifs is 1. The Labute approximate surface area is 147 Å². The number of morpholine rings is 1. The second-order valence-corrected chi connectivity index (χ2v) is 7.12. The molecular weight excluding hydrogens is 320 g/mol. The van der Waals surface area contributed by atoms with Gasteiger partial charge in [-0.3, -0.25) is 9.69 Å². The van der Waals surface area contributed by atoms with E-state index in [4.69, 9.17) is 9.26 Å². The summed E-state index contributed by atoms with van der Waals surface area (Å²) in [7, 11) is 0. The number of nitrogens with one attached hydrogen (secondary N) is 1. The van der Waals surface area contributed by atoms with Crippen molar-refractivity contribution in [3.63, 3.8) is 0 Å². The van der Waals surface area contributed by atoms with Crippen LogP contribution in [0.25, 0.3) is 11.1 Å². The Bertz CT molecular complexity index is 756. The van der Waals surface area contributed by atoms with Crippen molar-refractivity contribution in [2.24, 2.45) is 5.92 Å². The third kappa shape index (κ3) is 4.16. The number of aryl methyl sites for hydroxylation is 2. The summed E-state index contributed by atoms with van der Waals surface area (Å²) in [5.41, 5.74) is 2.35. The van der Waals surface area contributed by atoms with Crippen LogP contribution in [-0.4, -0.2) is 59.8 Å². The second kappa shape index (κ2) is 7.49. The highest BCUT2D eigenvalue weighted by Crippen LogP contribution is 2.21. The molecule has 25 heavy (non-hydrogen) atoms. The lowest BCUT2D eigenvalue weighted by Crippen LogP contribution is -2.48. The molecular formula is C18H26N4O3. The molecule has 136 valence electrons. The molecule has 1 aliphatic heterocycles. The van der Waals surface area contributed by atoms with Gasteiger partial charge in [-0.15, -0.1) is 0 Å². The van der Waals surface area contributed by atoms with Gasteiger partial charge in [0.2, 0.25) is 0 Å². The van der Waals surface area contributed by atoms with Crippen LogP contribution in [0.5, 0.6) is 0 Å². The van der Waals surface area contributed by atoms with Gasteiger partial charge in [-0.05, 0) is 25.8 Å². The summed E-state index contributed by atoms with van der Waals surface area (Å²) >= 11 is 0. The lowest BCUT2D eigenvalue weighted by molar-refractivity contribution is -0.0295. The van der Waals surface area contributed by atoms with Gasteiger partial charge in [-0.2, -0.15) is 0 Å². The first-order valence-electron chi connectivity index (χ1n) is 8.80. The lowest BCUT2D eigenvalue weighted by Gasteiger charge is -2.33. The summed E-state index contributed by atoms with van der Waals surface area (Å²) in [6.45, 7) is 12.1. The molecule has 1 atom stereocenters. The van der Waals surface area contributed by atoms with E-state index in [1.165, 1.54) is 0 Å². The summed E-state index contributed by atoms with van der Waals surface area (Å²) in [5, 5.41) is 7.58. The van der Waals surface area contributed by atoms with E-state index in [9.17, 15) is 4.79 Å². The average Bonchev–Trinajstić information content (AvgIpc) is 2.92. The van der Waals surface area contributed by atoms with E-state index in [2.05, 4.69) is 34.2 Å². The number of hydrogen-bond donors (Lipinski definition) is 1. The molecule has 0 radical (unpaired) electrons. The van der Waals surface area contributed by atoms with Crippen LogP contribution < -0.4 is 5.32 Å². The molecule has 0 unspecified atom stereocenters. The topological polar surface area (TPSA) is 80.5 Å². The maximum atomic E-state index is 12.7. The smallest absolute Gasteiger partial charge is 0.258 e. The predicted molar refractivity (Wildman–Crippen MR) is 94.6 cm³/mol. The third-order valence-electron chi connectivity index (χ3n) is 4.33.